The van der Waals surface area contributed by atoms with Gasteiger partial charge in [0, 0.05) is 36.2 Å². The summed E-state index contributed by atoms with van der Waals surface area (Å²) in [5, 5.41) is 5.27. The SMILES string of the molecule is O=C(NNC(=O)c1cccnc1)Nc1ccc(Cc2ccc(NC(=O)NNC(=O)c3cccnc3)cc2)cc1. The van der Waals surface area contributed by atoms with Crippen LogP contribution in [0.3, 0.4) is 0 Å². The van der Waals surface area contributed by atoms with Gasteiger partial charge in [0.25, 0.3) is 11.8 Å². The molecule has 0 bridgehead atoms. The topological polar surface area (TPSA) is 166 Å². The Morgan fingerprint density at radius 1 is 0.538 bits per heavy atom. The highest BCUT2D eigenvalue weighted by Gasteiger charge is 2.09. The molecule has 2 aromatic heterocycles. The van der Waals surface area contributed by atoms with Gasteiger partial charge >= 0.3 is 12.1 Å². The molecule has 196 valence electrons. The highest BCUT2D eigenvalue weighted by atomic mass is 16.2. The number of aromatic nitrogens is 2. The number of anilines is 2. The highest BCUT2D eigenvalue weighted by molar-refractivity contribution is 5.97. The minimum Gasteiger partial charge on any atom is -0.307 e. The number of hydrogen-bond donors (Lipinski definition) is 6. The van der Waals surface area contributed by atoms with E-state index in [0.717, 1.165) is 11.1 Å². The van der Waals surface area contributed by atoms with Gasteiger partial charge in [-0.2, -0.15) is 0 Å². The average molecular weight is 525 g/mol. The van der Waals surface area contributed by atoms with Crippen LogP contribution in [0.1, 0.15) is 31.8 Å². The predicted octanol–water partition coefficient (Wildman–Crippen LogP) is 3.00. The molecule has 0 saturated carbocycles. The molecule has 12 nitrogen and oxygen atoms in total. The standard InChI is InChI=1S/C27H24N8O4/c36-24(20-3-1-13-28-16-20)32-34-26(38)30-22-9-5-18(6-10-22)15-19-7-11-23(12-8-19)31-27(39)35-33-25(37)21-4-2-14-29-17-21/h1-14,16-17H,15H2,(H,32,36)(H,33,37)(H2,30,34,38)(H2,31,35,39). The van der Waals surface area contributed by atoms with Crippen LogP contribution in [0.2, 0.25) is 0 Å². The number of nitrogens with zero attached hydrogens (tertiary/aromatic N) is 2. The largest absolute Gasteiger partial charge is 0.337 e. The number of hydrogen-bond acceptors (Lipinski definition) is 6. The van der Waals surface area contributed by atoms with E-state index in [0.29, 0.717) is 28.9 Å². The number of nitrogens with one attached hydrogen (secondary N) is 6. The second kappa shape index (κ2) is 13.0. The van der Waals surface area contributed by atoms with Gasteiger partial charge in [-0.25, -0.2) is 20.4 Å². The van der Waals surface area contributed by atoms with Gasteiger partial charge < -0.3 is 10.6 Å². The average Bonchev–Trinajstić information content (AvgIpc) is 2.97. The number of hydrazine groups is 2. The second-order valence-corrected chi connectivity index (χ2v) is 8.12. The Bertz CT molecular complexity index is 1320. The van der Waals surface area contributed by atoms with Crippen LogP contribution in [0.25, 0.3) is 0 Å². The minimum atomic E-state index is -0.594. The summed E-state index contributed by atoms with van der Waals surface area (Å²) in [4.78, 5) is 55.8. The Morgan fingerprint density at radius 2 is 0.949 bits per heavy atom. The molecule has 39 heavy (non-hydrogen) atoms. The summed E-state index contributed by atoms with van der Waals surface area (Å²) in [5.74, 6) is -0.967. The van der Waals surface area contributed by atoms with Gasteiger partial charge in [0.1, 0.15) is 0 Å². The van der Waals surface area contributed by atoms with Crippen molar-refractivity contribution in [3.05, 3.63) is 120 Å². The molecule has 0 radical (unpaired) electrons. The van der Waals surface area contributed by atoms with Crippen LogP contribution in [-0.2, 0) is 6.42 Å². The van der Waals surface area contributed by atoms with Gasteiger partial charge in [-0.15, -0.1) is 0 Å². The quantitative estimate of drug-likeness (QED) is 0.212. The first-order valence-electron chi connectivity index (χ1n) is 11.7. The van der Waals surface area contributed by atoms with Gasteiger partial charge in [0.05, 0.1) is 11.1 Å². The zero-order valence-electron chi connectivity index (χ0n) is 20.5. The first-order chi connectivity index (χ1) is 19.0. The van der Waals surface area contributed by atoms with Gasteiger partial charge in [-0.05, 0) is 66.1 Å². The normalized spacial score (nSPS) is 10.1. The summed E-state index contributed by atoms with van der Waals surface area (Å²) < 4.78 is 0. The van der Waals surface area contributed by atoms with Crippen molar-refractivity contribution < 1.29 is 19.2 Å². The molecule has 0 atom stereocenters. The summed E-state index contributed by atoms with van der Waals surface area (Å²) in [6.45, 7) is 0. The molecule has 6 N–H and O–H groups in total. The van der Waals surface area contributed by atoms with Crippen LogP contribution >= 0.6 is 0 Å². The van der Waals surface area contributed by atoms with E-state index in [1.54, 1.807) is 60.9 Å². The van der Waals surface area contributed by atoms with Crippen molar-refractivity contribution in [1.82, 2.24) is 31.7 Å². The maximum absolute atomic E-state index is 12.1. The fourth-order valence-electron chi connectivity index (χ4n) is 3.34. The minimum absolute atomic E-state index is 0.319. The molecule has 4 rings (SSSR count). The molecule has 2 heterocycles. The van der Waals surface area contributed by atoms with Gasteiger partial charge in [-0.3, -0.25) is 30.4 Å². The predicted molar refractivity (Wildman–Crippen MR) is 143 cm³/mol. The summed E-state index contributed by atoms with van der Waals surface area (Å²) in [5.41, 5.74) is 12.9. The fourth-order valence-corrected chi connectivity index (χ4v) is 3.34. The van der Waals surface area contributed by atoms with Crippen LogP contribution in [-0.4, -0.2) is 33.8 Å². The molecule has 0 aliphatic carbocycles. The number of rotatable bonds is 6. The van der Waals surface area contributed by atoms with Crippen LogP contribution in [0.15, 0.2) is 97.6 Å². The number of carbonyl (C=O) groups excluding carboxylic acids is 4. The van der Waals surface area contributed by atoms with Crippen molar-refractivity contribution in [1.29, 1.82) is 0 Å². The van der Waals surface area contributed by atoms with Crippen molar-refractivity contribution in [2.45, 2.75) is 6.42 Å². The molecule has 12 heteroatoms. The van der Waals surface area contributed by atoms with Crippen LogP contribution in [0.5, 0.6) is 0 Å². The second-order valence-electron chi connectivity index (χ2n) is 8.12. The first kappa shape index (κ1) is 26.3. The van der Waals surface area contributed by atoms with E-state index in [-0.39, 0.29) is 0 Å². The summed E-state index contributed by atoms with van der Waals surface area (Å²) in [6.07, 6.45) is 6.50. The summed E-state index contributed by atoms with van der Waals surface area (Å²) in [6, 6.07) is 19.7. The smallest absolute Gasteiger partial charge is 0.307 e. The van der Waals surface area contributed by atoms with E-state index in [1.165, 1.54) is 12.4 Å². The van der Waals surface area contributed by atoms with E-state index in [2.05, 4.69) is 42.3 Å². The Balaban J connectivity index is 1.20. The molecule has 0 spiro atoms. The molecule has 6 amide bonds. The summed E-state index contributed by atoms with van der Waals surface area (Å²) in [7, 11) is 0. The monoisotopic (exact) mass is 524 g/mol. The van der Waals surface area contributed by atoms with Crippen molar-refractivity contribution in [2.24, 2.45) is 0 Å². The molecular formula is C27H24N8O4. The Labute approximate surface area is 223 Å². The molecule has 0 aliphatic rings. The Kier molecular flexibility index (Phi) is 8.74. The van der Waals surface area contributed by atoms with E-state index in [9.17, 15) is 19.2 Å². The molecule has 4 aromatic rings. The van der Waals surface area contributed by atoms with Crippen molar-refractivity contribution in [3.8, 4) is 0 Å². The molecule has 2 aromatic carbocycles. The third-order valence-corrected chi connectivity index (χ3v) is 5.26. The maximum Gasteiger partial charge on any atom is 0.337 e. The van der Waals surface area contributed by atoms with Gasteiger partial charge in [0.15, 0.2) is 0 Å². The number of carbonyl (C=O) groups is 4. The summed E-state index contributed by atoms with van der Waals surface area (Å²) >= 11 is 0. The number of pyridine rings is 2. The molecule has 0 saturated heterocycles. The lowest BCUT2D eigenvalue weighted by atomic mass is 10.0. The van der Waals surface area contributed by atoms with Crippen LogP contribution in [0, 0.1) is 0 Å². The van der Waals surface area contributed by atoms with Crippen LogP contribution < -0.4 is 32.3 Å². The van der Waals surface area contributed by atoms with Crippen molar-refractivity contribution in [3.63, 3.8) is 0 Å². The zero-order chi connectivity index (χ0) is 27.5. The van der Waals surface area contributed by atoms with Crippen molar-refractivity contribution in [2.75, 3.05) is 10.6 Å². The van der Waals surface area contributed by atoms with E-state index < -0.39 is 23.9 Å². The van der Waals surface area contributed by atoms with E-state index in [4.69, 9.17) is 0 Å². The molecular weight excluding hydrogens is 500 g/mol. The van der Waals surface area contributed by atoms with Crippen molar-refractivity contribution >= 4 is 35.3 Å². The lowest BCUT2D eigenvalue weighted by molar-refractivity contribution is 0.0930. The number of amides is 6. The molecule has 0 aliphatic heterocycles. The maximum atomic E-state index is 12.1. The van der Waals surface area contributed by atoms with E-state index >= 15 is 0 Å². The lowest BCUT2D eigenvalue weighted by Crippen LogP contribution is -2.43. The Morgan fingerprint density at radius 3 is 1.31 bits per heavy atom. The van der Waals surface area contributed by atoms with Gasteiger partial charge in [0.2, 0.25) is 0 Å². The molecule has 0 fully saturated rings. The third-order valence-electron chi connectivity index (χ3n) is 5.26. The number of benzene rings is 2. The van der Waals surface area contributed by atoms with E-state index in [1.807, 2.05) is 24.3 Å². The molecule has 0 unspecified atom stereocenters. The zero-order valence-corrected chi connectivity index (χ0v) is 20.5. The van der Waals surface area contributed by atoms with Gasteiger partial charge in [-0.1, -0.05) is 24.3 Å². The number of urea groups is 2. The highest BCUT2D eigenvalue weighted by Crippen LogP contribution is 2.16. The van der Waals surface area contributed by atoms with Crippen LogP contribution in [0.4, 0.5) is 21.0 Å². The Hall–Kier alpha value is -5.78. The lowest BCUT2D eigenvalue weighted by Gasteiger charge is -2.10. The first-order valence-corrected chi connectivity index (χ1v) is 11.7. The fraction of sp³-hybridized carbons (Fsp3) is 0.0370. The third kappa shape index (κ3) is 8.11.